The lowest BCUT2D eigenvalue weighted by atomic mass is 10.2. The van der Waals surface area contributed by atoms with Gasteiger partial charge >= 0.3 is 5.97 Å². The summed E-state index contributed by atoms with van der Waals surface area (Å²) < 4.78 is 10.5. The molecule has 1 aromatic heterocycles. The van der Waals surface area contributed by atoms with Crippen molar-refractivity contribution >= 4 is 23.2 Å². The van der Waals surface area contributed by atoms with E-state index in [9.17, 15) is 9.59 Å². The Kier molecular flexibility index (Phi) is 5.11. The van der Waals surface area contributed by atoms with Gasteiger partial charge in [-0.2, -0.15) is 0 Å². The van der Waals surface area contributed by atoms with Gasteiger partial charge in [-0.3, -0.25) is 4.79 Å². The van der Waals surface area contributed by atoms with E-state index in [0.717, 1.165) is 10.7 Å². The molecule has 0 bridgehead atoms. The van der Waals surface area contributed by atoms with E-state index in [2.05, 4.69) is 4.98 Å². The zero-order valence-electron chi connectivity index (χ0n) is 12.2. The molecule has 1 atom stereocenters. The highest BCUT2D eigenvalue weighted by Crippen LogP contribution is 2.17. The summed E-state index contributed by atoms with van der Waals surface area (Å²) in [7, 11) is 0. The van der Waals surface area contributed by atoms with Crippen molar-refractivity contribution in [2.75, 3.05) is 0 Å². The molecule has 0 aliphatic carbocycles. The molecule has 0 spiro atoms. The Morgan fingerprint density at radius 3 is 2.82 bits per heavy atom. The molecule has 116 valence electrons. The minimum atomic E-state index is -0.977. The van der Waals surface area contributed by atoms with Crippen molar-refractivity contribution in [1.29, 1.82) is 0 Å². The van der Waals surface area contributed by atoms with E-state index >= 15 is 0 Å². The van der Waals surface area contributed by atoms with Crippen molar-refractivity contribution in [2.45, 2.75) is 26.6 Å². The molecule has 2 N–H and O–H groups in total. The third kappa shape index (κ3) is 4.29. The zero-order chi connectivity index (χ0) is 16.1. The summed E-state index contributed by atoms with van der Waals surface area (Å²) in [6.45, 7) is 3.66. The molecule has 1 aromatic carbocycles. The van der Waals surface area contributed by atoms with Gasteiger partial charge in [-0.1, -0.05) is 6.07 Å². The fourth-order valence-corrected chi connectivity index (χ4v) is 2.23. The van der Waals surface area contributed by atoms with Crippen LogP contribution in [0.15, 0.2) is 29.6 Å². The zero-order valence-corrected chi connectivity index (χ0v) is 13.1. The van der Waals surface area contributed by atoms with Gasteiger partial charge in [-0.05, 0) is 32.0 Å². The SMILES string of the molecule is Cc1nc(COc2cccc(C(=O)O[C@H](C)C(N)=O)c2)cs1. The number of primary amides is 1. The summed E-state index contributed by atoms with van der Waals surface area (Å²) in [5.74, 6) is -0.798. The maximum atomic E-state index is 11.9. The second-order valence-electron chi connectivity index (χ2n) is 4.62. The first kappa shape index (κ1) is 16.0. The number of hydrogen-bond acceptors (Lipinski definition) is 6. The third-order valence-electron chi connectivity index (χ3n) is 2.81. The van der Waals surface area contributed by atoms with Gasteiger partial charge in [0.1, 0.15) is 12.4 Å². The van der Waals surface area contributed by atoms with E-state index in [1.807, 2.05) is 12.3 Å². The molecule has 0 radical (unpaired) electrons. The second kappa shape index (κ2) is 7.04. The van der Waals surface area contributed by atoms with Crippen LogP contribution in [0.3, 0.4) is 0 Å². The van der Waals surface area contributed by atoms with Crippen molar-refractivity contribution in [1.82, 2.24) is 4.98 Å². The highest BCUT2D eigenvalue weighted by atomic mass is 32.1. The van der Waals surface area contributed by atoms with Crippen molar-refractivity contribution in [2.24, 2.45) is 5.73 Å². The normalized spacial score (nSPS) is 11.7. The number of esters is 1. The Balaban J connectivity index is 2.00. The first-order valence-corrected chi connectivity index (χ1v) is 7.48. The molecule has 2 aromatic rings. The Labute approximate surface area is 131 Å². The number of rotatable bonds is 6. The number of thiazole rings is 1. The van der Waals surface area contributed by atoms with Crippen LogP contribution in [0.1, 0.15) is 28.0 Å². The van der Waals surface area contributed by atoms with Gasteiger partial charge in [-0.25, -0.2) is 9.78 Å². The molecule has 0 fully saturated rings. The summed E-state index contributed by atoms with van der Waals surface area (Å²) in [6, 6.07) is 6.53. The summed E-state index contributed by atoms with van der Waals surface area (Å²) >= 11 is 1.55. The number of carbonyl (C=O) groups excluding carboxylic acids is 2. The van der Waals surface area contributed by atoms with Crippen LogP contribution in [0.25, 0.3) is 0 Å². The largest absolute Gasteiger partial charge is 0.487 e. The van der Waals surface area contributed by atoms with Gasteiger partial charge in [0.2, 0.25) is 0 Å². The lowest BCUT2D eigenvalue weighted by molar-refractivity contribution is -0.125. The van der Waals surface area contributed by atoms with Crippen molar-refractivity contribution in [3.63, 3.8) is 0 Å². The van der Waals surface area contributed by atoms with Crippen LogP contribution in [0.5, 0.6) is 5.75 Å². The fraction of sp³-hybridized carbons (Fsp3) is 0.267. The first-order valence-electron chi connectivity index (χ1n) is 6.60. The van der Waals surface area contributed by atoms with Crippen LogP contribution in [-0.2, 0) is 16.1 Å². The van der Waals surface area contributed by atoms with Gasteiger partial charge in [0, 0.05) is 5.38 Å². The fourth-order valence-electron chi connectivity index (χ4n) is 1.63. The second-order valence-corrected chi connectivity index (χ2v) is 5.69. The standard InChI is InChI=1S/C15H16N2O4S/c1-9(14(16)18)21-15(19)11-4-3-5-13(6-11)20-7-12-8-22-10(2)17-12/h3-6,8-9H,7H2,1-2H3,(H2,16,18)/t9-/m1/s1. The number of nitrogens with two attached hydrogens (primary N) is 1. The van der Waals surface area contributed by atoms with Crippen LogP contribution >= 0.6 is 11.3 Å². The topological polar surface area (TPSA) is 91.5 Å². The summed E-state index contributed by atoms with van der Waals surface area (Å²) in [6.07, 6.45) is -0.977. The Hall–Kier alpha value is -2.41. The Morgan fingerprint density at radius 1 is 1.41 bits per heavy atom. The molecule has 0 aliphatic heterocycles. The van der Waals surface area contributed by atoms with Gasteiger partial charge in [0.25, 0.3) is 5.91 Å². The van der Waals surface area contributed by atoms with Crippen LogP contribution in [0.2, 0.25) is 0 Å². The van der Waals surface area contributed by atoms with E-state index in [-0.39, 0.29) is 0 Å². The predicted molar refractivity (Wildman–Crippen MR) is 81.7 cm³/mol. The third-order valence-corrected chi connectivity index (χ3v) is 3.63. The average molecular weight is 320 g/mol. The molecule has 7 heteroatoms. The van der Waals surface area contributed by atoms with Crippen LogP contribution in [0.4, 0.5) is 0 Å². The minimum Gasteiger partial charge on any atom is -0.487 e. The summed E-state index contributed by atoms with van der Waals surface area (Å²) in [5, 5.41) is 2.89. The highest BCUT2D eigenvalue weighted by Gasteiger charge is 2.16. The molecule has 22 heavy (non-hydrogen) atoms. The lowest BCUT2D eigenvalue weighted by Crippen LogP contribution is -2.30. The van der Waals surface area contributed by atoms with Crippen molar-refractivity contribution in [3.8, 4) is 5.75 Å². The number of amides is 1. The highest BCUT2D eigenvalue weighted by molar-refractivity contribution is 7.09. The van der Waals surface area contributed by atoms with Crippen molar-refractivity contribution in [3.05, 3.63) is 45.9 Å². The molecular weight excluding hydrogens is 304 g/mol. The number of aromatic nitrogens is 1. The summed E-state index contributed by atoms with van der Waals surface area (Å²) in [5.41, 5.74) is 6.18. The van der Waals surface area contributed by atoms with Gasteiger partial charge in [-0.15, -0.1) is 11.3 Å². The number of nitrogens with zero attached hydrogens (tertiary/aromatic N) is 1. The molecular formula is C15H16N2O4S. The predicted octanol–water partition coefficient (Wildman–Crippen LogP) is 2.06. The summed E-state index contributed by atoms with van der Waals surface area (Å²) in [4.78, 5) is 27.1. The van der Waals surface area contributed by atoms with E-state index in [4.69, 9.17) is 15.2 Å². The van der Waals surface area contributed by atoms with E-state index < -0.39 is 18.0 Å². The lowest BCUT2D eigenvalue weighted by Gasteiger charge is -2.10. The molecule has 1 heterocycles. The molecule has 0 aliphatic rings. The minimum absolute atomic E-state index is 0.292. The number of benzene rings is 1. The van der Waals surface area contributed by atoms with Crippen LogP contribution in [-0.4, -0.2) is 23.0 Å². The molecule has 2 rings (SSSR count). The van der Waals surface area contributed by atoms with E-state index in [1.165, 1.54) is 6.92 Å². The number of aryl methyl sites for hydroxylation is 1. The average Bonchev–Trinajstić information content (AvgIpc) is 2.91. The van der Waals surface area contributed by atoms with Gasteiger partial charge < -0.3 is 15.2 Å². The van der Waals surface area contributed by atoms with Gasteiger partial charge in [0.15, 0.2) is 6.10 Å². The first-order chi connectivity index (χ1) is 10.5. The molecule has 6 nitrogen and oxygen atoms in total. The maximum Gasteiger partial charge on any atom is 0.339 e. The molecule has 1 amide bonds. The quantitative estimate of drug-likeness (QED) is 0.823. The van der Waals surface area contributed by atoms with Gasteiger partial charge in [0.05, 0.1) is 16.3 Å². The molecule has 0 unspecified atom stereocenters. The number of hydrogen-bond donors (Lipinski definition) is 1. The monoisotopic (exact) mass is 320 g/mol. The smallest absolute Gasteiger partial charge is 0.339 e. The molecule has 0 saturated carbocycles. The molecule has 0 saturated heterocycles. The van der Waals surface area contributed by atoms with E-state index in [1.54, 1.807) is 35.6 Å². The number of carbonyl (C=O) groups is 2. The van der Waals surface area contributed by atoms with E-state index in [0.29, 0.717) is 17.9 Å². The Bertz CT molecular complexity index is 684. The van der Waals surface area contributed by atoms with Crippen LogP contribution in [0, 0.1) is 6.92 Å². The Morgan fingerprint density at radius 2 is 2.18 bits per heavy atom. The van der Waals surface area contributed by atoms with Crippen LogP contribution < -0.4 is 10.5 Å². The number of ether oxygens (including phenoxy) is 2. The van der Waals surface area contributed by atoms with Crippen molar-refractivity contribution < 1.29 is 19.1 Å². The maximum absolute atomic E-state index is 11.9.